The highest BCUT2D eigenvalue weighted by Gasteiger charge is 2.08. The van der Waals surface area contributed by atoms with Crippen LogP contribution < -0.4 is 5.56 Å². The number of rotatable bonds is 1. The molecule has 5 heteroatoms. The zero-order valence-corrected chi connectivity index (χ0v) is 9.58. The van der Waals surface area contributed by atoms with E-state index in [0.29, 0.717) is 16.5 Å². The van der Waals surface area contributed by atoms with Crippen LogP contribution in [0, 0.1) is 0 Å². The van der Waals surface area contributed by atoms with Gasteiger partial charge in [-0.1, -0.05) is 6.07 Å². The second kappa shape index (κ2) is 3.72. The first-order chi connectivity index (χ1) is 7.50. The van der Waals surface area contributed by atoms with E-state index >= 15 is 0 Å². The molecule has 1 aromatic carbocycles. The standard InChI is InChI=1S/C11H9ClN2O2/c1-6(15)7-3-4-8-9(5-7)13-11(12)14(2)10(8)16/h3-5H,1-2H3. The van der Waals surface area contributed by atoms with Crippen LogP contribution in [0.15, 0.2) is 23.0 Å². The second-order valence-electron chi connectivity index (χ2n) is 3.53. The fraction of sp³-hybridized carbons (Fsp3) is 0.182. The van der Waals surface area contributed by atoms with Crippen LogP contribution in [0.5, 0.6) is 0 Å². The van der Waals surface area contributed by atoms with Gasteiger partial charge in [0.25, 0.3) is 5.56 Å². The summed E-state index contributed by atoms with van der Waals surface area (Å²) in [6.07, 6.45) is 0. The normalized spacial score (nSPS) is 10.7. The van der Waals surface area contributed by atoms with Crippen LogP contribution in [-0.2, 0) is 7.05 Å². The van der Waals surface area contributed by atoms with Gasteiger partial charge in [0.05, 0.1) is 10.9 Å². The van der Waals surface area contributed by atoms with E-state index in [0.717, 1.165) is 0 Å². The number of aromatic nitrogens is 2. The minimum atomic E-state index is -0.217. The van der Waals surface area contributed by atoms with Crippen LogP contribution in [0.4, 0.5) is 0 Å². The minimum Gasteiger partial charge on any atom is -0.295 e. The van der Waals surface area contributed by atoms with E-state index in [1.807, 2.05) is 0 Å². The number of carbonyl (C=O) groups excluding carboxylic acids is 1. The maximum absolute atomic E-state index is 11.8. The van der Waals surface area contributed by atoms with Crippen LogP contribution in [-0.4, -0.2) is 15.3 Å². The van der Waals surface area contributed by atoms with Crippen LogP contribution >= 0.6 is 11.6 Å². The fourth-order valence-electron chi connectivity index (χ4n) is 1.46. The highest BCUT2D eigenvalue weighted by atomic mass is 35.5. The smallest absolute Gasteiger partial charge is 0.262 e. The van der Waals surface area contributed by atoms with Crippen molar-refractivity contribution in [3.05, 3.63) is 39.4 Å². The molecule has 2 aromatic rings. The van der Waals surface area contributed by atoms with Gasteiger partial charge in [-0.3, -0.25) is 14.2 Å². The Morgan fingerprint density at radius 1 is 1.44 bits per heavy atom. The molecule has 16 heavy (non-hydrogen) atoms. The summed E-state index contributed by atoms with van der Waals surface area (Å²) < 4.78 is 1.26. The molecule has 0 atom stereocenters. The molecule has 0 saturated heterocycles. The number of benzene rings is 1. The van der Waals surface area contributed by atoms with Crippen molar-refractivity contribution in [1.82, 2.24) is 9.55 Å². The molecule has 0 aliphatic carbocycles. The highest BCUT2D eigenvalue weighted by molar-refractivity contribution is 6.28. The summed E-state index contributed by atoms with van der Waals surface area (Å²) in [7, 11) is 1.55. The van der Waals surface area contributed by atoms with E-state index < -0.39 is 0 Å². The van der Waals surface area contributed by atoms with Crippen molar-refractivity contribution in [3.8, 4) is 0 Å². The number of nitrogens with zero attached hydrogens (tertiary/aromatic N) is 2. The molecule has 0 unspecified atom stereocenters. The van der Waals surface area contributed by atoms with E-state index in [-0.39, 0.29) is 16.6 Å². The average Bonchev–Trinajstić information content (AvgIpc) is 2.25. The Balaban J connectivity index is 2.86. The summed E-state index contributed by atoms with van der Waals surface area (Å²) in [5, 5.41) is 0.565. The van der Waals surface area contributed by atoms with Gasteiger partial charge < -0.3 is 0 Å². The van der Waals surface area contributed by atoms with Gasteiger partial charge >= 0.3 is 0 Å². The lowest BCUT2D eigenvalue weighted by atomic mass is 10.1. The Morgan fingerprint density at radius 3 is 2.75 bits per heavy atom. The lowest BCUT2D eigenvalue weighted by molar-refractivity contribution is 0.101. The zero-order chi connectivity index (χ0) is 11.9. The molecule has 0 fully saturated rings. The van der Waals surface area contributed by atoms with Crippen molar-refractivity contribution in [3.63, 3.8) is 0 Å². The minimum absolute atomic E-state index is 0.0690. The molecule has 0 bridgehead atoms. The lowest BCUT2D eigenvalue weighted by Gasteiger charge is -2.04. The van der Waals surface area contributed by atoms with Gasteiger partial charge in [0.1, 0.15) is 0 Å². The predicted molar refractivity (Wildman–Crippen MR) is 62.0 cm³/mol. The molecule has 0 N–H and O–H groups in total. The van der Waals surface area contributed by atoms with Gasteiger partial charge in [0.15, 0.2) is 5.78 Å². The van der Waals surface area contributed by atoms with Crippen molar-refractivity contribution in [2.24, 2.45) is 7.05 Å². The number of hydrogen-bond donors (Lipinski definition) is 0. The number of carbonyl (C=O) groups is 1. The van der Waals surface area contributed by atoms with Crippen LogP contribution in [0.3, 0.4) is 0 Å². The first-order valence-corrected chi connectivity index (χ1v) is 5.05. The summed E-state index contributed by atoms with van der Waals surface area (Å²) in [6.45, 7) is 1.46. The topological polar surface area (TPSA) is 52.0 Å². The number of halogens is 1. The molecule has 0 amide bonds. The highest BCUT2D eigenvalue weighted by Crippen LogP contribution is 2.13. The Bertz CT molecular complexity index is 646. The maximum atomic E-state index is 11.8. The monoisotopic (exact) mass is 236 g/mol. The van der Waals surface area contributed by atoms with Gasteiger partial charge in [0, 0.05) is 12.6 Å². The maximum Gasteiger partial charge on any atom is 0.262 e. The zero-order valence-electron chi connectivity index (χ0n) is 8.82. The van der Waals surface area contributed by atoms with E-state index in [4.69, 9.17) is 11.6 Å². The van der Waals surface area contributed by atoms with Crippen molar-refractivity contribution < 1.29 is 4.79 Å². The van der Waals surface area contributed by atoms with Gasteiger partial charge in [-0.15, -0.1) is 0 Å². The van der Waals surface area contributed by atoms with E-state index in [9.17, 15) is 9.59 Å². The van der Waals surface area contributed by atoms with Crippen LogP contribution in [0.25, 0.3) is 10.9 Å². The number of Topliss-reactive ketones (excluding diaryl/α,β-unsaturated/α-hetero) is 1. The molecule has 0 aliphatic rings. The van der Waals surface area contributed by atoms with E-state index in [1.165, 1.54) is 11.5 Å². The summed E-state index contributed by atoms with van der Waals surface area (Å²) in [6, 6.07) is 4.78. The third kappa shape index (κ3) is 1.61. The molecule has 2 rings (SSSR count). The molecular formula is C11H9ClN2O2. The Labute approximate surface area is 96.5 Å². The molecule has 0 aliphatic heterocycles. The Kier molecular flexibility index (Phi) is 2.52. The van der Waals surface area contributed by atoms with Gasteiger partial charge in [0.2, 0.25) is 5.28 Å². The summed E-state index contributed by atoms with van der Waals surface area (Å²) in [5.74, 6) is -0.0690. The fourth-order valence-corrected chi connectivity index (χ4v) is 1.63. The summed E-state index contributed by atoms with van der Waals surface area (Å²) >= 11 is 5.79. The van der Waals surface area contributed by atoms with Crippen molar-refractivity contribution in [2.75, 3.05) is 0 Å². The number of hydrogen-bond acceptors (Lipinski definition) is 3. The van der Waals surface area contributed by atoms with Gasteiger partial charge in [-0.05, 0) is 30.7 Å². The predicted octanol–water partition coefficient (Wildman–Crippen LogP) is 1.79. The molecule has 0 spiro atoms. The first-order valence-electron chi connectivity index (χ1n) is 4.68. The molecule has 4 nitrogen and oxygen atoms in total. The molecule has 1 heterocycles. The third-order valence-electron chi connectivity index (χ3n) is 2.43. The van der Waals surface area contributed by atoms with Gasteiger partial charge in [-0.2, -0.15) is 0 Å². The molecule has 0 radical (unpaired) electrons. The molecule has 0 saturated carbocycles. The quantitative estimate of drug-likeness (QED) is 0.560. The van der Waals surface area contributed by atoms with Crippen molar-refractivity contribution in [2.45, 2.75) is 6.92 Å². The second-order valence-corrected chi connectivity index (χ2v) is 3.87. The lowest BCUT2D eigenvalue weighted by Crippen LogP contribution is -2.18. The van der Waals surface area contributed by atoms with Crippen LogP contribution in [0.1, 0.15) is 17.3 Å². The van der Waals surface area contributed by atoms with E-state index in [1.54, 1.807) is 25.2 Å². The average molecular weight is 237 g/mol. The number of fused-ring (bicyclic) bond motifs is 1. The largest absolute Gasteiger partial charge is 0.295 e. The Morgan fingerprint density at radius 2 is 2.12 bits per heavy atom. The Hall–Kier alpha value is -1.68. The van der Waals surface area contributed by atoms with Crippen molar-refractivity contribution >= 4 is 28.3 Å². The molecule has 1 aromatic heterocycles. The van der Waals surface area contributed by atoms with E-state index in [2.05, 4.69) is 4.98 Å². The summed E-state index contributed by atoms with van der Waals surface area (Å²) in [5.41, 5.74) is 0.746. The SMILES string of the molecule is CC(=O)c1ccc2c(=O)n(C)c(Cl)nc2c1. The van der Waals surface area contributed by atoms with Crippen molar-refractivity contribution in [1.29, 1.82) is 0 Å². The van der Waals surface area contributed by atoms with Crippen LogP contribution in [0.2, 0.25) is 5.28 Å². The first kappa shape index (κ1) is 10.8. The third-order valence-corrected chi connectivity index (χ3v) is 2.77. The van der Waals surface area contributed by atoms with Gasteiger partial charge in [-0.25, -0.2) is 4.98 Å². The summed E-state index contributed by atoms with van der Waals surface area (Å²) in [4.78, 5) is 27.0. The molecular weight excluding hydrogens is 228 g/mol. The molecule has 82 valence electrons. The number of ketones is 1.